The molecule has 0 bridgehead atoms. The van der Waals surface area contributed by atoms with Crippen molar-refractivity contribution < 1.29 is 48.3 Å². The van der Waals surface area contributed by atoms with Crippen LogP contribution < -0.4 is 20.1 Å². The van der Waals surface area contributed by atoms with Crippen LogP contribution in [0.3, 0.4) is 0 Å². The lowest BCUT2D eigenvalue weighted by molar-refractivity contribution is -0.152. The highest BCUT2D eigenvalue weighted by molar-refractivity contribution is 5.98. The van der Waals surface area contributed by atoms with Crippen LogP contribution >= 0.6 is 0 Å². The van der Waals surface area contributed by atoms with E-state index in [4.69, 9.17) is 18.9 Å². The van der Waals surface area contributed by atoms with Crippen LogP contribution in [0.5, 0.6) is 23.0 Å². The van der Waals surface area contributed by atoms with Crippen molar-refractivity contribution in [3.63, 3.8) is 0 Å². The van der Waals surface area contributed by atoms with E-state index in [1.807, 2.05) is 40.7 Å². The Labute approximate surface area is 364 Å². The van der Waals surface area contributed by atoms with E-state index in [0.29, 0.717) is 6.42 Å². The van der Waals surface area contributed by atoms with Crippen LogP contribution in [-0.4, -0.2) is 82.4 Å². The first-order valence-electron chi connectivity index (χ1n) is 20.8. The molecule has 0 radical (unpaired) electrons. The van der Waals surface area contributed by atoms with Crippen molar-refractivity contribution >= 4 is 23.8 Å². The van der Waals surface area contributed by atoms with Gasteiger partial charge in [0.2, 0.25) is 0 Å². The summed E-state index contributed by atoms with van der Waals surface area (Å²) >= 11 is 0. The molecular formula is C48H62N4O10. The number of pyridine rings is 2. The van der Waals surface area contributed by atoms with Crippen molar-refractivity contribution in [3.05, 3.63) is 105 Å². The van der Waals surface area contributed by atoms with Gasteiger partial charge in [0, 0.05) is 36.4 Å². The Bertz CT molecular complexity index is 2260. The molecule has 0 saturated carbocycles. The molecule has 0 aliphatic carbocycles. The fourth-order valence-electron chi connectivity index (χ4n) is 8.24. The summed E-state index contributed by atoms with van der Waals surface area (Å²) in [6, 6.07) is 11.3. The van der Waals surface area contributed by atoms with Crippen molar-refractivity contribution in [2.45, 2.75) is 119 Å². The molecule has 0 aliphatic rings. The minimum absolute atomic E-state index is 0.0491. The van der Waals surface area contributed by atoms with Crippen molar-refractivity contribution in [3.8, 4) is 23.0 Å². The second kappa shape index (κ2) is 21.1. The number of hydrogen-bond donors (Lipinski definition) is 4. The van der Waals surface area contributed by atoms with E-state index in [1.165, 1.54) is 52.6 Å². The van der Waals surface area contributed by atoms with Crippen molar-refractivity contribution in [2.24, 2.45) is 11.8 Å². The number of esters is 2. The van der Waals surface area contributed by atoms with Gasteiger partial charge in [0.05, 0.1) is 14.2 Å². The molecule has 62 heavy (non-hydrogen) atoms. The van der Waals surface area contributed by atoms with Crippen molar-refractivity contribution in [2.75, 3.05) is 14.2 Å². The van der Waals surface area contributed by atoms with Gasteiger partial charge in [0.1, 0.15) is 24.3 Å². The van der Waals surface area contributed by atoms with Gasteiger partial charge < -0.3 is 39.8 Å². The predicted octanol–water partition coefficient (Wildman–Crippen LogP) is 7.34. The van der Waals surface area contributed by atoms with Gasteiger partial charge in [-0.05, 0) is 107 Å². The Hall–Kier alpha value is -6.18. The molecule has 0 aliphatic heterocycles. The summed E-state index contributed by atoms with van der Waals surface area (Å²) in [6.07, 6.45) is 2.09. The first kappa shape index (κ1) is 48.5. The molecule has 334 valence electrons. The number of nitrogens with one attached hydrogen (secondary N) is 2. The summed E-state index contributed by atoms with van der Waals surface area (Å²) in [5.74, 6) is -3.94. The highest BCUT2D eigenvalue weighted by atomic mass is 16.5. The third-order valence-electron chi connectivity index (χ3n) is 11.4. The lowest BCUT2D eigenvalue weighted by Gasteiger charge is -2.33. The second-order valence-electron chi connectivity index (χ2n) is 16.6. The zero-order valence-corrected chi connectivity index (χ0v) is 38.1. The standard InChI is InChI=1S/C48H62N4O10/c1-24(2)39(32(10)61-47(57)30(8)51-45(55)41-43(53)37(59-12)16-18-49-41)36-23-34(26(4)21-28(36)6)22-29(7)40(35-15-14-25(3)20-27(35)5)33(11)62-48(58)31(9)52-46(56)42-44(54)38(60-13)17-19-50-42/h14-21,23-24,29-33,39-40,53-54H,22H2,1-13H3,(H,51,55)(H,52,56)/t29?,30-,31-,32-,33-,39+,40+/m0/s1. The third kappa shape index (κ3) is 11.4. The summed E-state index contributed by atoms with van der Waals surface area (Å²) in [5, 5.41) is 26.0. The number of amides is 2. The number of rotatable bonds is 18. The third-order valence-corrected chi connectivity index (χ3v) is 11.4. The van der Waals surface area contributed by atoms with Crippen LogP contribution in [0.15, 0.2) is 54.9 Å². The molecule has 2 amide bonds. The molecule has 7 atom stereocenters. The number of carbonyl (C=O) groups is 4. The first-order valence-corrected chi connectivity index (χ1v) is 20.8. The quantitative estimate of drug-likeness (QED) is 0.0729. The Kier molecular flexibility index (Phi) is 16.5. The van der Waals surface area contributed by atoms with Gasteiger partial charge in [-0.25, -0.2) is 19.6 Å². The molecule has 14 nitrogen and oxygen atoms in total. The van der Waals surface area contributed by atoms with Gasteiger partial charge in [-0.2, -0.15) is 0 Å². The second-order valence-corrected chi connectivity index (χ2v) is 16.6. The maximum absolute atomic E-state index is 13.6. The number of hydrogen-bond acceptors (Lipinski definition) is 12. The van der Waals surface area contributed by atoms with Gasteiger partial charge in [0.25, 0.3) is 11.8 Å². The van der Waals surface area contributed by atoms with E-state index in [1.54, 1.807) is 0 Å². The number of benzene rings is 2. The number of carbonyl (C=O) groups excluding carboxylic acids is 4. The molecule has 0 fully saturated rings. The number of aromatic nitrogens is 2. The Morgan fingerprint density at radius 2 is 1.08 bits per heavy atom. The Morgan fingerprint density at radius 3 is 1.53 bits per heavy atom. The number of nitrogens with zero attached hydrogens (tertiary/aromatic N) is 2. The van der Waals surface area contributed by atoms with E-state index in [0.717, 1.165) is 38.9 Å². The monoisotopic (exact) mass is 854 g/mol. The van der Waals surface area contributed by atoms with Crippen LogP contribution in [0.1, 0.15) is 120 Å². The molecule has 4 aromatic rings. The van der Waals surface area contributed by atoms with Gasteiger partial charge in [0.15, 0.2) is 34.4 Å². The lowest BCUT2D eigenvalue weighted by Crippen LogP contribution is -2.42. The molecule has 4 rings (SSSR count). The molecule has 4 N–H and O–H groups in total. The average Bonchev–Trinajstić information content (AvgIpc) is 3.20. The smallest absolute Gasteiger partial charge is 0.328 e. The summed E-state index contributed by atoms with van der Waals surface area (Å²) in [7, 11) is 2.72. The van der Waals surface area contributed by atoms with Crippen molar-refractivity contribution in [1.29, 1.82) is 0 Å². The maximum atomic E-state index is 13.6. The highest BCUT2D eigenvalue weighted by Crippen LogP contribution is 2.38. The molecule has 2 aromatic heterocycles. The molecular weight excluding hydrogens is 793 g/mol. The minimum atomic E-state index is -1.06. The molecule has 2 heterocycles. The summed E-state index contributed by atoms with van der Waals surface area (Å²) in [6.45, 7) is 21.2. The minimum Gasteiger partial charge on any atom is -0.503 e. The number of aryl methyl sites for hydroxylation is 4. The zero-order chi connectivity index (χ0) is 46.2. The SMILES string of the molecule is COc1ccnc(C(=O)N[C@@H](C)C(=O)O[C@@H](C)[C@H](c2cc(CC(C)[C@@H](c3ccc(C)cc3C)[C@H](C)OC(=O)[C@H](C)NC(=O)c3nccc(OC)c3O)c(C)cc2C)C(C)C)c1O. The van der Waals surface area contributed by atoms with E-state index in [-0.39, 0.29) is 46.6 Å². The van der Waals surface area contributed by atoms with Gasteiger partial charge in [-0.3, -0.25) is 9.59 Å². The zero-order valence-electron chi connectivity index (χ0n) is 38.1. The molecule has 0 spiro atoms. The van der Waals surface area contributed by atoms with Crippen LogP contribution in [0.25, 0.3) is 0 Å². The average molecular weight is 855 g/mol. The summed E-state index contributed by atoms with van der Waals surface area (Å²) in [5.41, 5.74) is 6.90. The first-order chi connectivity index (χ1) is 29.2. The lowest BCUT2D eigenvalue weighted by atomic mass is 9.76. The van der Waals surface area contributed by atoms with E-state index < -0.39 is 59.5 Å². The van der Waals surface area contributed by atoms with Crippen LogP contribution in [0, 0.1) is 39.5 Å². The van der Waals surface area contributed by atoms with Crippen LogP contribution in [-0.2, 0) is 25.5 Å². The molecule has 14 heteroatoms. The number of methoxy groups -OCH3 is 2. The summed E-state index contributed by atoms with van der Waals surface area (Å²) < 4.78 is 22.3. The molecule has 1 unspecified atom stereocenters. The van der Waals surface area contributed by atoms with Gasteiger partial charge in [-0.1, -0.05) is 56.7 Å². The fourth-order valence-corrected chi connectivity index (χ4v) is 8.24. The fraction of sp³-hybridized carbons (Fsp3) is 0.458. The normalized spacial score (nSPS) is 14.7. The summed E-state index contributed by atoms with van der Waals surface area (Å²) in [4.78, 5) is 60.9. The van der Waals surface area contributed by atoms with Crippen LogP contribution in [0.2, 0.25) is 0 Å². The predicted molar refractivity (Wildman–Crippen MR) is 235 cm³/mol. The molecule has 0 saturated heterocycles. The van der Waals surface area contributed by atoms with E-state index in [9.17, 15) is 29.4 Å². The molecule has 2 aromatic carbocycles. The van der Waals surface area contributed by atoms with Gasteiger partial charge >= 0.3 is 11.9 Å². The number of ether oxygens (including phenoxy) is 4. The Morgan fingerprint density at radius 1 is 0.613 bits per heavy atom. The largest absolute Gasteiger partial charge is 0.503 e. The van der Waals surface area contributed by atoms with Crippen LogP contribution in [0.4, 0.5) is 0 Å². The Balaban J connectivity index is 1.56. The van der Waals surface area contributed by atoms with E-state index in [2.05, 4.69) is 72.6 Å². The van der Waals surface area contributed by atoms with Gasteiger partial charge in [-0.15, -0.1) is 0 Å². The topological polar surface area (TPSA) is 195 Å². The maximum Gasteiger partial charge on any atom is 0.328 e. The van der Waals surface area contributed by atoms with E-state index >= 15 is 0 Å². The number of aromatic hydroxyl groups is 2. The van der Waals surface area contributed by atoms with Crippen molar-refractivity contribution in [1.82, 2.24) is 20.6 Å². The highest BCUT2D eigenvalue weighted by Gasteiger charge is 2.34.